The SMILES string of the molecule is CO/C(=C\[C@@H]([NH3+])CC(=O)OC(C)(C)C)S(C)(=O)=O. The third-order valence-electron chi connectivity index (χ3n) is 1.79. The molecular weight excluding hydrogens is 258 g/mol. The van der Waals surface area contributed by atoms with Gasteiger partial charge < -0.3 is 15.2 Å². The Labute approximate surface area is 108 Å². The van der Waals surface area contributed by atoms with Crippen LogP contribution < -0.4 is 5.73 Å². The van der Waals surface area contributed by atoms with Crippen LogP contribution in [-0.4, -0.2) is 39.4 Å². The lowest BCUT2D eigenvalue weighted by atomic mass is 10.2. The fourth-order valence-electron chi connectivity index (χ4n) is 1.19. The molecule has 0 spiro atoms. The number of esters is 1. The summed E-state index contributed by atoms with van der Waals surface area (Å²) in [6.45, 7) is 5.28. The Morgan fingerprint density at radius 1 is 1.39 bits per heavy atom. The van der Waals surface area contributed by atoms with Crippen LogP contribution in [0.25, 0.3) is 0 Å². The first-order valence-corrected chi connectivity index (χ1v) is 7.35. The highest BCUT2D eigenvalue weighted by atomic mass is 32.2. The van der Waals surface area contributed by atoms with E-state index >= 15 is 0 Å². The number of methoxy groups -OCH3 is 1. The summed E-state index contributed by atoms with van der Waals surface area (Å²) in [4.78, 5) is 11.5. The van der Waals surface area contributed by atoms with Gasteiger partial charge in [-0.1, -0.05) is 0 Å². The molecule has 0 aromatic carbocycles. The lowest BCUT2D eigenvalue weighted by Crippen LogP contribution is -2.61. The second-order valence-corrected chi connectivity index (χ2v) is 6.96. The van der Waals surface area contributed by atoms with E-state index in [9.17, 15) is 13.2 Å². The Morgan fingerprint density at radius 3 is 2.22 bits per heavy atom. The van der Waals surface area contributed by atoms with Crippen molar-refractivity contribution in [1.29, 1.82) is 0 Å². The van der Waals surface area contributed by atoms with Crippen molar-refractivity contribution in [2.45, 2.75) is 38.8 Å². The molecule has 0 heterocycles. The molecule has 0 aliphatic carbocycles. The van der Waals surface area contributed by atoms with Crippen molar-refractivity contribution < 1.29 is 28.4 Å². The number of quaternary nitrogens is 1. The number of rotatable bonds is 5. The fraction of sp³-hybridized carbons (Fsp3) is 0.727. The Hall–Kier alpha value is -1.08. The van der Waals surface area contributed by atoms with Gasteiger partial charge >= 0.3 is 5.97 Å². The van der Waals surface area contributed by atoms with E-state index in [0.29, 0.717) is 0 Å². The van der Waals surface area contributed by atoms with E-state index in [2.05, 4.69) is 5.73 Å². The summed E-state index contributed by atoms with van der Waals surface area (Å²) >= 11 is 0. The van der Waals surface area contributed by atoms with Crippen molar-refractivity contribution in [2.24, 2.45) is 0 Å². The van der Waals surface area contributed by atoms with E-state index < -0.39 is 27.4 Å². The van der Waals surface area contributed by atoms with Gasteiger partial charge in [-0.3, -0.25) is 4.79 Å². The molecule has 0 fully saturated rings. The van der Waals surface area contributed by atoms with E-state index in [0.717, 1.165) is 6.26 Å². The molecule has 1 atom stereocenters. The first kappa shape index (κ1) is 16.9. The molecule has 6 nitrogen and oxygen atoms in total. The second kappa shape index (κ2) is 6.19. The zero-order chi connectivity index (χ0) is 14.6. The van der Waals surface area contributed by atoms with Crippen molar-refractivity contribution in [3.8, 4) is 0 Å². The van der Waals surface area contributed by atoms with Gasteiger partial charge in [-0.15, -0.1) is 0 Å². The first-order chi connectivity index (χ1) is 7.95. The maximum Gasteiger partial charge on any atom is 0.312 e. The van der Waals surface area contributed by atoms with Crippen molar-refractivity contribution in [2.75, 3.05) is 13.4 Å². The molecule has 0 aromatic heterocycles. The molecule has 0 radical (unpaired) electrons. The minimum atomic E-state index is -3.43. The van der Waals surface area contributed by atoms with Crippen molar-refractivity contribution >= 4 is 15.8 Å². The molecule has 0 bridgehead atoms. The van der Waals surface area contributed by atoms with E-state index in [1.54, 1.807) is 20.8 Å². The monoisotopic (exact) mass is 280 g/mol. The Bertz CT molecular complexity index is 419. The standard InChI is InChI=1S/C11H21NO5S/c1-11(2,3)17-9(13)6-8(12)7-10(16-4)18(5,14)15/h7-8H,6,12H2,1-5H3/p+1/b10-7+/t8-/m0/s1. The van der Waals surface area contributed by atoms with Crippen molar-refractivity contribution in [3.05, 3.63) is 11.2 Å². The van der Waals surface area contributed by atoms with E-state index in [4.69, 9.17) is 9.47 Å². The third kappa shape index (κ3) is 7.29. The first-order valence-electron chi connectivity index (χ1n) is 5.46. The van der Waals surface area contributed by atoms with Crippen LogP contribution in [-0.2, 0) is 24.1 Å². The molecule has 0 saturated carbocycles. The molecule has 0 unspecified atom stereocenters. The van der Waals surface area contributed by atoms with Gasteiger partial charge in [-0.25, -0.2) is 8.42 Å². The molecule has 3 N–H and O–H groups in total. The zero-order valence-corrected chi connectivity index (χ0v) is 12.3. The van der Waals surface area contributed by atoms with Crippen LogP contribution >= 0.6 is 0 Å². The average molecular weight is 280 g/mol. The predicted molar refractivity (Wildman–Crippen MR) is 67.1 cm³/mol. The summed E-state index contributed by atoms with van der Waals surface area (Å²) in [6.07, 6.45) is 2.33. The van der Waals surface area contributed by atoms with Crippen LogP contribution in [0, 0.1) is 0 Å². The minimum Gasteiger partial charge on any atom is -0.486 e. The number of carbonyl (C=O) groups is 1. The summed E-state index contributed by atoms with van der Waals surface area (Å²) in [5.41, 5.74) is 3.12. The minimum absolute atomic E-state index is 0.000347. The van der Waals surface area contributed by atoms with E-state index in [-0.39, 0.29) is 11.5 Å². The Kier molecular flexibility index (Phi) is 5.82. The molecule has 0 aromatic rings. The van der Waals surface area contributed by atoms with Gasteiger partial charge in [0.25, 0.3) is 0 Å². The van der Waals surface area contributed by atoms with Crippen molar-refractivity contribution in [1.82, 2.24) is 0 Å². The van der Waals surface area contributed by atoms with Crippen LogP contribution in [0.4, 0.5) is 0 Å². The van der Waals surface area contributed by atoms with Gasteiger partial charge in [0, 0.05) is 12.3 Å². The summed E-state index contributed by atoms with van der Waals surface area (Å²) in [5, 5.41) is -0.189. The number of hydrogen-bond donors (Lipinski definition) is 1. The van der Waals surface area contributed by atoms with Crippen molar-refractivity contribution in [3.63, 3.8) is 0 Å². The molecular formula is C11H22NO5S+. The summed E-state index contributed by atoms with van der Waals surface area (Å²) < 4.78 is 32.4. The van der Waals surface area contributed by atoms with Gasteiger partial charge in [-0.05, 0) is 20.8 Å². The number of hydrogen-bond acceptors (Lipinski definition) is 5. The maximum absolute atomic E-state index is 11.5. The van der Waals surface area contributed by atoms with Gasteiger partial charge in [0.15, 0.2) is 0 Å². The normalized spacial score (nSPS) is 15.1. The average Bonchev–Trinajstić information content (AvgIpc) is 2.08. The lowest BCUT2D eigenvalue weighted by molar-refractivity contribution is -0.402. The fourth-order valence-corrected chi connectivity index (χ4v) is 1.93. The highest BCUT2D eigenvalue weighted by Crippen LogP contribution is 2.10. The summed E-state index contributed by atoms with van der Waals surface area (Å²) in [5.74, 6) is -0.428. The summed E-state index contributed by atoms with van der Waals surface area (Å²) in [7, 11) is -2.18. The lowest BCUT2D eigenvalue weighted by Gasteiger charge is -2.19. The molecule has 7 heteroatoms. The number of carbonyl (C=O) groups excluding carboxylic acids is 1. The van der Waals surface area contributed by atoms with Gasteiger partial charge in [0.1, 0.15) is 18.1 Å². The van der Waals surface area contributed by atoms with Crippen LogP contribution in [0.1, 0.15) is 27.2 Å². The van der Waals surface area contributed by atoms with Gasteiger partial charge in [-0.2, -0.15) is 0 Å². The highest BCUT2D eigenvalue weighted by molar-refractivity contribution is 7.94. The highest BCUT2D eigenvalue weighted by Gasteiger charge is 2.21. The topological polar surface area (TPSA) is 97.3 Å². The van der Waals surface area contributed by atoms with Crippen LogP contribution in [0.5, 0.6) is 0 Å². The van der Waals surface area contributed by atoms with Crippen LogP contribution in [0.15, 0.2) is 11.2 Å². The third-order valence-corrected chi connectivity index (χ3v) is 2.82. The van der Waals surface area contributed by atoms with Crippen LogP contribution in [0.2, 0.25) is 0 Å². The molecule has 0 rings (SSSR count). The van der Waals surface area contributed by atoms with E-state index in [1.165, 1.54) is 13.2 Å². The maximum atomic E-state index is 11.5. The molecule has 18 heavy (non-hydrogen) atoms. The molecule has 0 saturated heterocycles. The second-order valence-electron chi connectivity index (χ2n) is 5.01. The van der Waals surface area contributed by atoms with Gasteiger partial charge in [0.05, 0.1) is 7.11 Å². The summed E-state index contributed by atoms with van der Waals surface area (Å²) in [6, 6.07) is -0.524. The smallest absolute Gasteiger partial charge is 0.312 e. The molecule has 0 amide bonds. The predicted octanol–water partition coefficient (Wildman–Crippen LogP) is -0.139. The Balaban J connectivity index is 4.65. The largest absolute Gasteiger partial charge is 0.486 e. The zero-order valence-electron chi connectivity index (χ0n) is 11.5. The van der Waals surface area contributed by atoms with Gasteiger partial charge in [0.2, 0.25) is 14.9 Å². The Morgan fingerprint density at radius 2 is 1.89 bits per heavy atom. The van der Waals surface area contributed by atoms with Crippen LogP contribution in [0.3, 0.4) is 0 Å². The molecule has 106 valence electrons. The molecule has 0 aliphatic heterocycles. The van der Waals surface area contributed by atoms with E-state index in [1.807, 2.05) is 0 Å². The quantitative estimate of drug-likeness (QED) is 0.558. The number of ether oxygens (including phenoxy) is 2. The number of sulfone groups is 1. The molecule has 0 aliphatic rings.